The lowest BCUT2D eigenvalue weighted by Crippen LogP contribution is -2.32. The van der Waals surface area contributed by atoms with Crippen molar-refractivity contribution in [2.45, 2.75) is 31.6 Å². The molecule has 1 aromatic rings. The van der Waals surface area contributed by atoms with E-state index in [0.29, 0.717) is 16.9 Å². The van der Waals surface area contributed by atoms with Crippen molar-refractivity contribution < 1.29 is 13.2 Å². The molecule has 0 radical (unpaired) electrons. The molecule has 4 nitrogen and oxygen atoms in total. The minimum Gasteiger partial charge on any atom is -0.351 e. The third-order valence-electron chi connectivity index (χ3n) is 4.17. The highest BCUT2D eigenvalue weighted by Crippen LogP contribution is 2.51. The molecule has 0 atom stereocenters. The minimum absolute atomic E-state index is 0.0955. The van der Waals surface area contributed by atoms with Gasteiger partial charge < -0.3 is 5.32 Å². The number of rotatable bonds is 5. The highest BCUT2D eigenvalue weighted by atomic mass is 79.9. The van der Waals surface area contributed by atoms with Crippen LogP contribution in [0.2, 0.25) is 0 Å². The predicted octanol–water partition coefficient (Wildman–Crippen LogP) is 3.54. The van der Waals surface area contributed by atoms with Crippen LogP contribution in [0.25, 0.3) is 0 Å². The lowest BCUT2D eigenvalue weighted by atomic mass is 9.92. The molecule has 0 aromatic heterocycles. The Morgan fingerprint density at radius 2 is 2.05 bits per heavy atom. The van der Waals surface area contributed by atoms with Crippen LogP contribution in [0.5, 0.6) is 0 Å². The quantitative estimate of drug-likeness (QED) is 0.777. The molecule has 1 aliphatic rings. The van der Waals surface area contributed by atoms with Crippen LogP contribution < -0.4 is 5.32 Å². The van der Waals surface area contributed by atoms with Crippen LogP contribution in [0.15, 0.2) is 27.6 Å². The van der Waals surface area contributed by atoms with E-state index >= 15 is 0 Å². The van der Waals surface area contributed by atoms with Crippen LogP contribution >= 0.6 is 26.6 Å². The summed E-state index contributed by atoms with van der Waals surface area (Å²) in [5, 5.41) is 2.89. The molecule has 1 fully saturated rings. The van der Waals surface area contributed by atoms with E-state index in [2.05, 4.69) is 35.1 Å². The largest absolute Gasteiger partial charge is 0.351 e. The topological polar surface area (TPSA) is 63.2 Å². The molecule has 0 spiro atoms. The van der Waals surface area contributed by atoms with Crippen LogP contribution in [-0.2, 0) is 9.05 Å². The van der Waals surface area contributed by atoms with Crippen molar-refractivity contribution in [2.75, 3.05) is 6.54 Å². The molecule has 1 aliphatic carbocycles. The van der Waals surface area contributed by atoms with E-state index < -0.39 is 9.05 Å². The van der Waals surface area contributed by atoms with Gasteiger partial charge in [-0.3, -0.25) is 4.79 Å². The average molecular weight is 395 g/mol. The van der Waals surface area contributed by atoms with E-state index in [1.165, 1.54) is 12.1 Å². The molecule has 2 rings (SSSR count). The molecule has 21 heavy (non-hydrogen) atoms. The molecule has 1 N–H and O–H groups in total. The van der Waals surface area contributed by atoms with E-state index in [1.807, 2.05) is 0 Å². The van der Waals surface area contributed by atoms with Gasteiger partial charge in [-0.25, -0.2) is 8.42 Å². The fourth-order valence-electron chi connectivity index (χ4n) is 2.31. The Morgan fingerprint density at radius 3 is 2.52 bits per heavy atom. The van der Waals surface area contributed by atoms with Crippen molar-refractivity contribution in [1.82, 2.24) is 5.32 Å². The molecule has 0 saturated heterocycles. The van der Waals surface area contributed by atoms with Gasteiger partial charge in [0, 0.05) is 27.3 Å². The highest BCUT2D eigenvalue weighted by Gasteiger charge is 2.45. The fourth-order valence-corrected chi connectivity index (χ4v) is 4.43. The number of hydrogen-bond acceptors (Lipinski definition) is 3. The average Bonchev–Trinajstić information content (AvgIpc) is 3.16. The van der Waals surface area contributed by atoms with Crippen molar-refractivity contribution in [1.29, 1.82) is 0 Å². The van der Waals surface area contributed by atoms with Gasteiger partial charge in [-0.05, 0) is 58.3 Å². The van der Waals surface area contributed by atoms with E-state index in [4.69, 9.17) is 10.7 Å². The summed E-state index contributed by atoms with van der Waals surface area (Å²) in [6, 6.07) is 4.37. The second-order valence-electron chi connectivity index (χ2n) is 5.78. The van der Waals surface area contributed by atoms with Gasteiger partial charge in [0.1, 0.15) is 0 Å². The van der Waals surface area contributed by atoms with Crippen molar-refractivity contribution in [3.05, 3.63) is 28.2 Å². The Bertz CT molecular complexity index is 669. The summed E-state index contributed by atoms with van der Waals surface area (Å²) in [5.74, 6) is 0.234. The lowest BCUT2D eigenvalue weighted by Gasteiger charge is -2.20. The van der Waals surface area contributed by atoms with Gasteiger partial charge in [-0.15, -0.1) is 0 Å². The molecule has 0 unspecified atom stereocenters. The van der Waals surface area contributed by atoms with E-state index in [-0.39, 0.29) is 21.8 Å². The number of carbonyl (C=O) groups excluding carboxylic acids is 1. The standard InChI is InChI=1S/C14H17BrClNO3S/c1-9(2)14(5-6-14)8-17-13(18)10-3-4-11(15)12(7-10)21(16,19)20/h3-4,7,9H,5-6,8H2,1-2H3,(H,17,18). The molecule has 7 heteroatoms. The molecule has 0 heterocycles. The van der Waals surface area contributed by atoms with E-state index in [1.54, 1.807) is 6.07 Å². The summed E-state index contributed by atoms with van der Waals surface area (Å²) >= 11 is 3.12. The third-order valence-corrected chi connectivity index (χ3v) is 6.49. The third kappa shape index (κ3) is 3.79. The molecule has 0 aliphatic heterocycles. The van der Waals surface area contributed by atoms with E-state index in [9.17, 15) is 13.2 Å². The summed E-state index contributed by atoms with van der Waals surface area (Å²) in [5.41, 5.74) is 0.490. The van der Waals surface area contributed by atoms with Crippen molar-refractivity contribution in [3.8, 4) is 0 Å². The van der Waals surface area contributed by atoms with Crippen LogP contribution in [-0.4, -0.2) is 20.9 Å². The Hall–Kier alpha value is -0.590. The maximum absolute atomic E-state index is 12.2. The first-order valence-electron chi connectivity index (χ1n) is 6.68. The Labute approximate surface area is 137 Å². The zero-order chi connectivity index (χ0) is 15.8. The second-order valence-corrected chi connectivity index (χ2v) is 9.17. The summed E-state index contributed by atoms with van der Waals surface area (Å²) < 4.78 is 23.2. The van der Waals surface area contributed by atoms with Crippen molar-refractivity contribution >= 4 is 41.6 Å². The zero-order valence-electron chi connectivity index (χ0n) is 11.8. The van der Waals surface area contributed by atoms with Gasteiger partial charge in [-0.2, -0.15) is 0 Å². The maximum atomic E-state index is 12.2. The van der Waals surface area contributed by atoms with Gasteiger partial charge in [0.25, 0.3) is 15.0 Å². The maximum Gasteiger partial charge on any atom is 0.262 e. The summed E-state index contributed by atoms with van der Waals surface area (Å²) in [6.07, 6.45) is 2.24. The zero-order valence-corrected chi connectivity index (χ0v) is 15.0. The molecule has 1 saturated carbocycles. The van der Waals surface area contributed by atoms with Crippen LogP contribution in [0.4, 0.5) is 0 Å². The Balaban J connectivity index is 2.14. The monoisotopic (exact) mass is 393 g/mol. The smallest absolute Gasteiger partial charge is 0.262 e. The highest BCUT2D eigenvalue weighted by molar-refractivity contribution is 9.10. The van der Waals surface area contributed by atoms with Gasteiger partial charge >= 0.3 is 0 Å². The lowest BCUT2D eigenvalue weighted by molar-refractivity contribution is 0.0939. The first kappa shape index (κ1) is 16.8. The molecule has 1 amide bonds. The Kier molecular flexibility index (Phi) is 4.71. The molecule has 1 aromatic carbocycles. The van der Waals surface area contributed by atoms with Gasteiger partial charge in [0.2, 0.25) is 0 Å². The predicted molar refractivity (Wildman–Crippen MR) is 86.0 cm³/mol. The van der Waals surface area contributed by atoms with Crippen molar-refractivity contribution in [3.63, 3.8) is 0 Å². The molecule has 116 valence electrons. The van der Waals surface area contributed by atoms with Crippen LogP contribution in [0.3, 0.4) is 0 Å². The second kappa shape index (κ2) is 5.89. The number of halogens is 2. The van der Waals surface area contributed by atoms with Crippen LogP contribution in [0.1, 0.15) is 37.0 Å². The Morgan fingerprint density at radius 1 is 1.43 bits per heavy atom. The number of amides is 1. The van der Waals surface area contributed by atoms with Gasteiger partial charge in [0.05, 0.1) is 4.90 Å². The van der Waals surface area contributed by atoms with Crippen molar-refractivity contribution in [2.24, 2.45) is 11.3 Å². The van der Waals surface area contributed by atoms with Crippen LogP contribution in [0, 0.1) is 11.3 Å². The first-order chi connectivity index (χ1) is 9.66. The fraction of sp³-hybridized carbons (Fsp3) is 0.500. The normalized spacial score (nSPS) is 16.8. The summed E-state index contributed by atoms with van der Waals surface area (Å²) in [7, 11) is 1.46. The molecular formula is C14H17BrClNO3S. The van der Waals surface area contributed by atoms with Gasteiger partial charge in [-0.1, -0.05) is 13.8 Å². The number of carbonyl (C=O) groups is 1. The number of hydrogen-bond donors (Lipinski definition) is 1. The minimum atomic E-state index is -3.89. The number of benzene rings is 1. The summed E-state index contributed by atoms with van der Waals surface area (Å²) in [6.45, 7) is 4.91. The molecule has 0 bridgehead atoms. The van der Waals surface area contributed by atoms with Gasteiger partial charge in [0.15, 0.2) is 0 Å². The first-order valence-corrected chi connectivity index (χ1v) is 9.78. The SMILES string of the molecule is CC(C)C1(CNC(=O)c2ccc(Br)c(S(=O)(=O)Cl)c2)CC1. The number of nitrogens with one attached hydrogen (secondary N) is 1. The molecular weight excluding hydrogens is 378 g/mol. The van der Waals surface area contributed by atoms with E-state index in [0.717, 1.165) is 12.8 Å². The summed E-state index contributed by atoms with van der Waals surface area (Å²) in [4.78, 5) is 12.1.